The van der Waals surface area contributed by atoms with E-state index in [0.29, 0.717) is 17.2 Å². The predicted octanol–water partition coefficient (Wildman–Crippen LogP) is 3.97. The smallest absolute Gasteiger partial charge is 0.177 e. The SMILES string of the molecule is CCC1CCc2cc(-c3nn[nH]n3)ccc2C1C(C)(C)C. The molecule has 2 unspecified atom stereocenters. The first-order valence-electron chi connectivity index (χ1n) is 7.87. The van der Waals surface area contributed by atoms with E-state index in [9.17, 15) is 0 Å². The minimum Gasteiger partial charge on any atom is -0.177 e. The lowest BCUT2D eigenvalue weighted by Gasteiger charge is -2.42. The van der Waals surface area contributed by atoms with Crippen molar-refractivity contribution in [2.45, 2.75) is 52.9 Å². The molecule has 4 nitrogen and oxygen atoms in total. The molecular weight excluding hydrogens is 260 g/mol. The fraction of sp³-hybridized carbons (Fsp3) is 0.588. The molecule has 0 bridgehead atoms. The van der Waals surface area contributed by atoms with Crippen LogP contribution in [0.5, 0.6) is 0 Å². The van der Waals surface area contributed by atoms with Crippen LogP contribution in [-0.4, -0.2) is 20.6 Å². The highest BCUT2D eigenvalue weighted by Gasteiger charge is 2.36. The second kappa shape index (κ2) is 5.24. The summed E-state index contributed by atoms with van der Waals surface area (Å²) in [7, 11) is 0. The Balaban J connectivity index is 2.04. The molecule has 0 fully saturated rings. The Kier molecular flexibility index (Phi) is 3.56. The van der Waals surface area contributed by atoms with Gasteiger partial charge in [0.1, 0.15) is 0 Å². The van der Waals surface area contributed by atoms with E-state index in [1.54, 1.807) is 0 Å². The van der Waals surface area contributed by atoms with Crippen LogP contribution in [0.25, 0.3) is 11.4 Å². The average molecular weight is 284 g/mol. The lowest BCUT2D eigenvalue weighted by atomic mass is 9.63. The normalized spacial score (nSPS) is 22.1. The fourth-order valence-electron chi connectivity index (χ4n) is 3.92. The number of hydrogen-bond acceptors (Lipinski definition) is 3. The topological polar surface area (TPSA) is 54.5 Å². The molecular formula is C17H24N4. The molecule has 1 N–H and O–H groups in total. The first-order valence-corrected chi connectivity index (χ1v) is 7.87. The maximum Gasteiger partial charge on any atom is 0.204 e. The van der Waals surface area contributed by atoms with Crippen LogP contribution < -0.4 is 0 Å². The lowest BCUT2D eigenvalue weighted by Crippen LogP contribution is -2.30. The number of rotatable bonds is 2. The molecule has 1 heterocycles. The zero-order valence-corrected chi connectivity index (χ0v) is 13.3. The molecule has 21 heavy (non-hydrogen) atoms. The summed E-state index contributed by atoms with van der Waals surface area (Å²) in [6.07, 6.45) is 3.70. The van der Waals surface area contributed by atoms with Crippen molar-refractivity contribution in [3.8, 4) is 11.4 Å². The monoisotopic (exact) mass is 284 g/mol. The molecule has 1 aliphatic carbocycles. The van der Waals surface area contributed by atoms with Crippen LogP contribution in [0.1, 0.15) is 57.6 Å². The molecule has 1 aromatic carbocycles. The lowest BCUT2D eigenvalue weighted by molar-refractivity contribution is 0.207. The largest absolute Gasteiger partial charge is 0.204 e. The van der Waals surface area contributed by atoms with Gasteiger partial charge in [0.05, 0.1) is 0 Å². The minimum atomic E-state index is 0.295. The number of aromatic amines is 1. The highest BCUT2D eigenvalue weighted by Crippen LogP contribution is 2.48. The van der Waals surface area contributed by atoms with Crippen LogP contribution in [0.4, 0.5) is 0 Å². The van der Waals surface area contributed by atoms with Crippen molar-refractivity contribution < 1.29 is 0 Å². The molecule has 2 atom stereocenters. The van der Waals surface area contributed by atoms with Crippen molar-refractivity contribution in [2.75, 3.05) is 0 Å². The summed E-state index contributed by atoms with van der Waals surface area (Å²) < 4.78 is 0. The third kappa shape index (κ3) is 2.59. The first kappa shape index (κ1) is 14.2. The Hall–Kier alpha value is -1.71. The summed E-state index contributed by atoms with van der Waals surface area (Å²) >= 11 is 0. The number of fused-ring (bicyclic) bond motifs is 1. The number of tetrazole rings is 1. The fourth-order valence-corrected chi connectivity index (χ4v) is 3.92. The zero-order chi connectivity index (χ0) is 15.0. The Morgan fingerprint density at radius 1 is 1.29 bits per heavy atom. The summed E-state index contributed by atoms with van der Waals surface area (Å²) in [6.45, 7) is 9.41. The molecule has 0 spiro atoms. The second-order valence-electron chi connectivity index (χ2n) is 7.20. The van der Waals surface area contributed by atoms with E-state index in [1.165, 1.54) is 24.0 Å². The van der Waals surface area contributed by atoms with Gasteiger partial charge in [-0.1, -0.05) is 46.2 Å². The van der Waals surface area contributed by atoms with Crippen molar-refractivity contribution in [3.63, 3.8) is 0 Å². The van der Waals surface area contributed by atoms with Crippen molar-refractivity contribution in [1.82, 2.24) is 20.6 Å². The van der Waals surface area contributed by atoms with Gasteiger partial charge in [-0.15, -0.1) is 10.2 Å². The molecule has 0 amide bonds. The van der Waals surface area contributed by atoms with Gasteiger partial charge in [-0.2, -0.15) is 5.21 Å². The molecule has 3 rings (SSSR count). The van der Waals surface area contributed by atoms with Gasteiger partial charge in [0.15, 0.2) is 0 Å². The minimum absolute atomic E-state index is 0.295. The van der Waals surface area contributed by atoms with E-state index in [4.69, 9.17) is 0 Å². The molecule has 0 saturated carbocycles. The van der Waals surface area contributed by atoms with E-state index >= 15 is 0 Å². The number of aromatic nitrogens is 4. The van der Waals surface area contributed by atoms with Gasteiger partial charge in [0.2, 0.25) is 5.82 Å². The molecule has 4 heteroatoms. The van der Waals surface area contributed by atoms with Crippen molar-refractivity contribution >= 4 is 0 Å². The van der Waals surface area contributed by atoms with E-state index < -0.39 is 0 Å². The Morgan fingerprint density at radius 2 is 2.10 bits per heavy atom. The van der Waals surface area contributed by atoms with Gasteiger partial charge in [-0.3, -0.25) is 0 Å². The average Bonchev–Trinajstić information content (AvgIpc) is 2.98. The van der Waals surface area contributed by atoms with E-state index in [1.807, 2.05) is 0 Å². The standard InChI is InChI=1S/C17H24N4/c1-5-11-6-7-12-10-13(16-18-20-21-19-16)8-9-14(12)15(11)17(2,3)4/h8-11,15H,5-7H2,1-4H3,(H,18,19,20,21). The van der Waals surface area contributed by atoms with E-state index in [2.05, 4.69) is 66.5 Å². The first-order chi connectivity index (χ1) is 10.0. The molecule has 1 aromatic heterocycles. The van der Waals surface area contributed by atoms with Crippen LogP contribution in [0.2, 0.25) is 0 Å². The number of benzene rings is 1. The summed E-state index contributed by atoms with van der Waals surface area (Å²) in [5.41, 5.74) is 4.34. The maximum absolute atomic E-state index is 4.09. The molecule has 0 aliphatic heterocycles. The Morgan fingerprint density at radius 3 is 2.71 bits per heavy atom. The third-order valence-corrected chi connectivity index (χ3v) is 4.79. The quantitative estimate of drug-likeness (QED) is 0.908. The molecule has 112 valence electrons. The van der Waals surface area contributed by atoms with Crippen LogP contribution in [-0.2, 0) is 6.42 Å². The van der Waals surface area contributed by atoms with Crippen LogP contribution in [0.15, 0.2) is 18.2 Å². The van der Waals surface area contributed by atoms with Crippen LogP contribution in [0, 0.1) is 11.3 Å². The van der Waals surface area contributed by atoms with Gasteiger partial charge < -0.3 is 0 Å². The molecule has 1 aliphatic rings. The summed E-state index contributed by atoms with van der Waals surface area (Å²) in [4.78, 5) is 0. The summed E-state index contributed by atoms with van der Waals surface area (Å²) in [6, 6.07) is 6.68. The third-order valence-electron chi connectivity index (χ3n) is 4.79. The van der Waals surface area contributed by atoms with Crippen LogP contribution in [0.3, 0.4) is 0 Å². The molecule has 2 aromatic rings. The van der Waals surface area contributed by atoms with E-state index in [0.717, 1.165) is 17.9 Å². The molecule has 0 radical (unpaired) electrons. The number of aryl methyl sites for hydroxylation is 1. The Bertz CT molecular complexity index is 610. The second-order valence-corrected chi connectivity index (χ2v) is 7.20. The summed E-state index contributed by atoms with van der Waals surface area (Å²) in [5.74, 6) is 2.10. The predicted molar refractivity (Wildman–Crippen MR) is 83.9 cm³/mol. The highest BCUT2D eigenvalue weighted by molar-refractivity contribution is 5.57. The van der Waals surface area contributed by atoms with Crippen LogP contribution >= 0.6 is 0 Å². The van der Waals surface area contributed by atoms with Crippen molar-refractivity contribution in [3.05, 3.63) is 29.3 Å². The number of H-pyrrole nitrogens is 1. The van der Waals surface area contributed by atoms with Crippen molar-refractivity contribution in [1.29, 1.82) is 0 Å². The van der Waals surface area contributed by atoms with E-state index in [-0.39, 0.29) is 0 Å². The zero-order valence-electron chi connectivity index (χ0n) is 13.3. The summed E-state index contributed by atoms with van der Waals surface area (Å²) in [5, 5.41) is 14.4. The van der Waals surface area contributed by atoms with Gasteiger partial charge >= 0.3 is 0 Å². The molecule has 0 saturated heterocycles. The highest BCUT2D eigenvalue weighted by atomic mass is 15.5. The number of nitrogens with zero attached hydrogens (tertiary/aromatic N) is 3. The van der Waals surface area contributed by atoms with Gasteiger partial charge in [-0.25, -0.2) is 0 Å². The number of nitrogens with one attached hydrogen (secondary N) is 1. The van der Waals surface area contributed by atoms with Gasteiger partial charge in [0.25, 0.3) is 0 Å². The maximum atomic E-state index is 4.09. The van der Waals surface area contributed by atoms with Gasteiger partial charge in [0, 0.05) is 5.56 Å². The Labute approximate surface area is 126 Å². The van der Waals surface area contributed by atoms with Crippen molar-refractivity contribution in [2.24, 2.45) is 11.3 Å². The van der Waals surface area contributed by atoms with Gasteiger partial charge in [-0.05, 0) is 52.5 Å². The number of hydrogen-bond donors (Lipinski definition) is 1.